The van der Waals surface area contributed by atoms with Gasteiger partial charge in [0, 0.05) is 25.8 Å². The Morgan fingerprint density at radius 2 is 1.14 bits per heavy atom. The number of aliphatic carboxylic acids is 1. The molecule has 0 saturated heterocycles. The summed E-state index contributed by atoms with van der Waals surface area (Å²) in [5.74, 6) is -10.7. The number of nitrogens with one attached hydrogen (secondary N) is 6. The standard InChI is InChI=1S/C39H63N11O13/c1-5-19(2)30(49-38(63)31(21(4)52)50-35(60)26(13-15-29(55)56)46-33(58)20(3)18-51)37(62)47-25(12-14-28(40)54)34(59)48-27(17-22-8-10-23(53)11-9-22)36(61)45-24(32(41)57)7-6-16-44-39(42)43/h8-11,19-21,24-27,30-31,51-53H,5-7,12-18H2,1-4H3,(H2,40,54)(H2,41,57)(H,45,61)(H,46,58)(H,47,62)(H,48,59)(H,49,63)(H,50,60)(H,55,56)(H4,42,43,44)/t19-,20-,21+,24-,25-,26-,27-,30-,31-/m0/s1. The van der Waals surface area contributed by atoms with E-state index in [1.54, 1.807) is 13.8 Å². The van der Waals surface area contributed by atoms with Crippen LogP contribution >= 0.6 is 0 Å². The predicted molar refractivity (Wildman–Crippen MR) is 225 cm³/mol. The van der Waals surface area contributed by atoms with Crippen LogP contribution in [-0.4, -0.2) is 135 Å². The van der Waals surface area contributed by atoms with E-state index in [2.05, 4.69) is 36.9 Å². The first-order valence-electron chi connectivity index (χ1n) is 20.2. The third-order valence-electron chi connectivity index (χ3n) is 9.78. The smallest absolute Gasteiger partial charge is 0.303 e. The SMILES string of the molecule is CC[C@H](C)[C@H](NC(=O)[C@@H](NC(=O)[C@H](CCC(=O)O)NC(=O)[C@@H](C)CO)[C@@H](C)O)C(=O)N[C@@H](CCC(N)=O)C(=O)N[C@@H](Cc1ccc(O)cc1)C(=O)N[C@@H](CCCN=C(N)N)C(N)=O. The van der Waals surface area contributed by atoms with Crippen molar-refractivity contribution in [2.75, 3.05) is 13.2 Å². The predicted octanol–water partition coefficient (Wildman–Crippen LogP) is -4.43. The fourth-order valence-electron chi connectivity index (χ4n) is 5.77. The fourth-order valence-corrected chi connectivity index (χ4v) is 5.77. The van der Waals surface area contributed by atoms with Crippen molar-refractivity contribution in [2.24, 2.45) is 39.8 Å². The Morgan fingerprint density at radius 1 is 0.651 bits per heavy atom. The van der Waals surface area contributed by atoms with Crippen LogP contribution in [0.5, 0.6) is 5.75 Å². The highest BCUT2D eigenvalue weighted by molar-refractivity contribution is 5.97. The third-order valence-corrected chi connectivity index (χ3v) is 9.78. The number of carbonyl (C=O) groups is 9. The number of aliphatic hydroxyl groups is 2. The summed E-state index contributed by atoms with van der Waals surface area (Å²) in [6, 6.07) is -3.34. The molecule has 24 nitrogen and oxygen atoms in total. The molecular formula is C39H63N11O13. The lowest BCUT2D eigenvalue weighted by molar-refractivity contribution is -0.139. The number of hydrogen-bond acceptors (Lipinski definition) is 13. The van der Waals surface area contributed by atoms with Gasteiger partial charge in [0.15, 0.2) is 5.96 Å². The van der Waals surface area contributed by atoms with Crippen LogP contribution in [0.1, 0.15) is 78.2 Å². The highest BCUT2D eigenvalue weighted by Crippen LogP contribution is 2.14. The van der Waals surface area contributed by atoms with Crippen molar-refractivity contribution < 1.29 is 63.6 Å². The van der Waals surface area contributed by atoms with Gasteiger partial charge < -0.3 is 75.3 Å². The number of benzene rings is 1. The largest absolute Gasteiger partial charge is 0.508 e. The van der Waals surface area contributed by atoms with Crippen molar-refractivity contribution in [3.63, 3.8) is 0 Å². The molecule has 24 heteroatoms. The van der Waals surface area contributed by atoms with Gasteiger partial charge in [-0.3, -0.25) is 48.1 Å². The Morgan fingerprint density at radius 3 is 1.65 bits per heavy atom. The Balaban J connectivity index is 3.46. The summed E-state index contributed by atoms with van der Waals surface area (Å²) in [5, 5.41) is 53.4. The van der Waals surface area contributed by atoms with E-state index in [0.29, 0.717) is 5.56 Å². The molecule has 0 radical (unpaired) electrons. The maximum absolute atomic E-state index is 14.0. The fraction of sp³-hybridized carbons (Fsp3) is 0.590. The van der Waals surface area contributed by atoms with Crippen molar-refractivity contribution in [1.82, 2.24) is 31.9 Å². The van der Waals surface area contributed by atoms with E-state index in [0.717, 1.165) is 6.92 Å². The molecule has 352 valence electrons. The van der Waals surface area contributed by atoms with Gasteiger partial charge in [0.2, 0.25) is 47.3 Å². The first-order chi connectivity index (χ1) is 29.5. The monoisotopic (exact) mass is 893 g/mol. The highest BCUT2D eigenvalue weighted by atomic mass is 16.4. The average Bonchev–Trinajstić information content (AvgIpc) is 3.21. The van der Waals surface area contributed by atoms with E-state index in [4.69, 9.17) is 22.9 Å². The molecule has 0 bridgehead atoms. The lowest BCUT2D eigenvalue weighted by Crippen LogP contribution is -2.62. The third kappa shape index (κ3) is 20.2. The molecule has 1 rings (SSSR count). The molecule has 8 amide bonds. The van der Waals surface area contributed by atoms with E-state index in [-0.39, 0.29) is 50.4 Å². The van der Waals surface area contributed by atoms with Crippen LogP contribution in [-0.2, 0) is 49.6 Å². The Labute approximate surface area is 364 Å². The number of aliphatic hydroxyl groups excluding tert-OH is 2. The van der Waals surface area contributed by atoms with Crippen LogP contribution in [0, 0.1) is 11.8 Å². The van der Waals surface area contributed by atoms with Gasteiger partial charge in [-0.1, -0.05) is 39.3 Å². The summed E-state index contributed by atoms with van der Waals surface area (Å²) in [5.41, 5.74) is 22.0. The number of phenolic OH excluding ortho intramolecular Hbond substituents is 1. The van der Waals surface area contributed by atoms with Crippen LogP contribution in [0.15, 0.2) is 29.3 Å². The lowest BCUT2D eigenvalue weighted by Gasteiger charge is -2.30. The number of primary amides is 2. The van der Waals surface area contributed by atoms with Crippen molar-refractivity contribution in [3.05, 3.63) is 29.8 Å². The molecule has 9 atom stereocenters. The molecule has 0 heterocycles. The topological polar surface area (TPSA) is 423 Å². The lowest BCUT2D eigenvalue weighted by atomic mass is 9.96. The number of amides is 8. The molecule has 63 heavy (non-hydrogen) atoms. The minimum atomic E-state index is -1.76. The number of nitrogens with two attached hydrogens (primary N) is 4. The Bertz CT molecular complexity index is 1770. The molecule has 0 aromatic heterocycles. The maximum Gasteiger partial charge on any atom is 0.303 e. The van der Waals surface area contributed by atoms with Gasteiger partial charge in [0.05, 0.1) is 18.6 Å². The summed E-state index contributed by atoms with van der Waals surface area (Å²) in [6.07, 6.45) is -3.12. The number of rotatable bonds is 29. The van der Waals surface area contributed by atoms with Gasteiger partial charge in [-0.05, 0) is 56.2 Å². The quantitative estimate of drug-likeness (QED) is 0.0205. The molecule has 0 aliphatic heterocycles. The summed E-state index contributed by atoms with van der Waals surface area (Å²) in [4.78, 5) is 120. The van der Waals surface area contributed by atoms with E-state index >= 15 is 0 Å². The van der Waals surface area contributed by atoms with E-state index in [1.807, 2.05) is 0 Å². The van der Waals surface area contributed by atoms with Crippen molar-refractivity contribution in [1.29, 1.82) is 0 Å². The first kappa shape index (κ1) is 54.5. The zero-order chi connectivity index (χ0) is 48.0. The molecule has 1 aromatic rings. The number of carboxylic acids is 1. The van der Waals surface area contributed by atoms with Gasteiger partial charge >= 0.3 is 5.97 Å². The minimum Gasteiger partial charge on any atom is -0.508 e. The summed E-state index contributed by atoms with van der Waals surface area (Å²) in [6.45, 7) is 5.28. The molecule has 0 spiro atoms. The number of carbonyl (C=O) groups excluding carboxylic acids is 8. The summed E-state index contributed by atoms with van der Waals surface area (Å²) < 4.78 is 0. The number of guanidine groups is 1. The van der Waals surface area contributed by atoms with Crippen LogP contribution in [0.4, 0.5) is 0 Å². The van der Waals surface area contributed by atoms with E-state index in [9.17, 15) is 63.6 Å². The highest BCUT2D eigenvalue weighted by Gasteiger charge is 2.36. The van der Waals surface area contributed by atoms with Crippen LogP contribution < -0.4 is 54.8 Å². The van der Waals surface area contributed by atoms with Gasteiger partial charge in [-0.25, -0.2) is 0 Å². The number of nitrogens with zero attached hydrogens (tertiary/aromatic N) is 1. The Kier molecular flexibility index (Phi) is 23.7. The Hall–Kier alpha value is -6.56. The first-order valence-corrected chi connectivity index (χ1v) is 20.2. The zero-order valence-electron chi connectivity index (χ0n) is 35.8. The minimum absolute atomic E-state index is 0.0170. The summed E-state index contributed by atoms with van der Waals surface area (Å²) in [7, 11) is 0. The second-order valence-corrected chi connectivity index (χ2v) is 15.1. The van der Waals surface area contributed by atoms with Crippen LogP contribution in [0.2, 0.25) is 0 Å². The molecule has 0 aliphatic rings. The molecule has 1 aromatic carbocycles. The molecule has 0 unspecified atom stereocenters. The maximum atomic E-state index is 14.0. The number of carboxylic acid groups (broad SMARTS) is 1. The van der Waals surface area contributed by atoms with Gasteiger partial charge in [-0.15, -0.1) is 0 Å². The number of hydrogen-bond donors (Lipinski definition) is 14. The number of aromatic hydroxyl groups is 1. The van der Waals surface area contributed by atoms with Crippen molar-refractivity contribution in [3.8, 4) is 5.75 Å². The second-order valence-electron chi connectivity index (χ2n) is 15.1. The van der Waals surface area contributed by atoms with Crippen LogP contribution in [0.25, 0.3) is 0 Å². The number of aliphatic imine (C=N–C) groups is 1. The van der Waals surface area contributed by atoms with Crippen molar-refractivity contribution >= 4 is 59.2 Å². The molecule has 0 fully saturated rings. The van der Waals surface area contributed by atoms with E-state index < -0.39 is 133 Å². The average molecular weight is 894 g/mol. The molecule has 0 saturated carbocycles. The van der Waals surface area contributed by atoms with Crippen molar-refractivity contribution in [2.45, 2.75) is 121 Å². The summed E-state index contributed by atoms with van der Waals surface area (Å²) >= 11 is 0. The second kappa shape index (κ2) is 27.4. The van der Waals surface area contributed by atoms with Gasteiger partial charge in [-0.2, -0.15) is 0 Å². The number of phenols is 1. The van der Waals surface area contributed by atoms with Gasteiger partial charge in [0.1, 0.15) is 42.0 Å². The van der Waals surface area contributed by atoms with Crippen LogP contribution in [0.3, 0.4) is 0 Å². The zero-order valence-corrected chi connectivity index (χ0v) is 35.8. The normalized spacial score (nSPS) is 15.2. The van der Waals surface area contributed by atoms with Gasteiger partial charge in [0.25, 0.3) is 0 Å². The molecule has 18 N–H and O–H groups in total. The molecule has 0 aliphatic carbocycles. The molecular weight excluding hydrogens is 830 g/mol. The van der Waals surface area contributed by atoms with E-state index in [1.165, 1.54) is 31.2 Å².